The molecule has 0 bridgehead atoms. The van der Waals surface area contributed by atoms with Crippen LogP contribution >= 0.6 is 0 Å². The minimum atomic E-state index is -0.337. The summed E-state index contributed by atoms with van der Waals surface area (Å²) in [6.07, 6.45) is 3.93. The van der Waals surface area contributed by atoms with Crippen LogP contribution in [0.3, 0.4) is 0 Å². The van der Waals surface area contributed by atoms with Crippen LogP contribution < -0.4 is 20.7 Å². The quantitative estimate of drug-likeness (QED) is 0.414. The highest BCUT2D eigenvalue weighted by Gasteiger charge is 2.23. The van der Waals surface area contributed by atoms with Crippen LogP contribution in [0.1, 0.15) is 36.8 Å². The Kier molecular flexibility index (Phi) is 7.61. The van der Waals surface area contributed by atoms with E-state index in [1.807, 2.05) is 42.5 Å². The molecule has 7 nitrogen and oxygen atoms in total. The van der Waals surface area contributed by atoms with Crippen molar-refractivity contribution >= 4 is 17.6 Å². The zero-order valence-electron chi connectivity index (χ0n) is 18.6. The summed E-state index contributed by atoms with van der Waals surface area (Å²) in [7, 11) is 1.75. The Labute approximate surface area is 189 Å². The summed E-state index contributed by atoms with van der Waals surface area (Å²) in [5.41, 5.74) is 2.93. The fourth-order valence-electron chi connectivity index (χ4n) is 3.63. The molecule has 1 atom stereocenters. The van der Waals surface area contributed by atoms with Crippen LogP contribution in [0.2, 0.25) is 0 Å². The Bertz CT molecular complexity index is 936. The van der Waals surface area contributed by atoms with E-state index >= 15 is 0 Å². The molecule has 2 aromatic rings. The molecular weight excluding hydrogens is 404 g/mol. The first-order chi connectivity index (χ1) is 15.7. The second-order valence-corrected chi connectivity index (χ2v) is 8.33. The molecule has 7 heteroatoms. The maximum Gasteiger partial charge on any atom is 0.253 e. The smallest absolute Gasteiger partial charge is 0.253 e. The molecule has 3 N–H and O–H groups in total. The highest BCUT2D eigenvalue weighted by Crippen LogP contribution is 2.30. The Morgan fingerprint density at radius 3 is 2.72 bits per heavy atom. The van der Waals surface area contributed by atoms with Crippen molar-refractivity contribution in [1.82, 2.24) is 10.6 Å². The van der Waals surface area contributed by atoms with Crippen LogP contribution in [0.15, 0.2) is 53.5 Å². The molecule has 1 saturated heterocycles. The van der Waals surface area contributed by atoms with Crippen LogP contribution in [-0.4, -0.2) is 38.2 Å². The Balaban J connectivity index is 1.27. The lowest BCUT2D eigenvalue weighted by Crippen LogP contribution is -2.36. The molecule has 2 aromatic carbocycles. The number of hydrogen-bond donors (Lipinski definition) is 3. The van der Waals surface area contributed by atoms with Gasteiger partial charge in [0.15, 0.2) is 5.96 Å². The first kappa shape index (κ1) is 22.1. The number of guanidine groups is 1. The molecule has 1 heterocycles. The van der Waals surface area contributed by atoms with Gasteiger partial charge < -0.3 is 25.4 Å². The second kappa shape index (κ2) is 11.0. The fourth-order valence-corrected chi connectivity index (χ4v) is 3.63. The van der Waals surface area contributed by atoms with Gasteiger partial charge in [0.25, 0.3) is 5.91 Å². The molecule has 1 amide bonds. The van der Waals surface area contributed by atoms with Gasteiger partial charge in [-0.15, -0.1) is 0 Å². The van der Waals surface area contributed by atoms with Crippen molar-refractivity contribution in [2.75, 3.05) is 25.6 Å². The van der Waals surface area contributed by atoms with E-state index in [2.05, 4.69) is 27.0 Å². The molecular formula is C25H32N4O3. The fraction of sp³-hybridized carbons (Fsp3) is 0.440. The number of carbonyl (C=O) groups is 1. The summed E-state index contributed by atoms with van der Waals surface area (Å²) < 4.78 is 11.4. The Morgan fingerprint density at radius 1 is 1.09 bits per heavy atom. The predicted molar refractivity (Wildman–Crippen MR) is 126 cm³/mol. The summed E-state index contributed by atoms with van der Waals surface area (Å²) >= 11 is 0. The third-order valence-electron chi connectivity index (χ3n) is 5.69. The third-order valence-corrected chi connectivity index (χ3v) is 5.69. The Hall–Kier alpha value is -3.06. The van der Waals surface area contributed by atoms with Crippen molar-refractivity contribution in [1.29, 1.82) is 0 Å². The van der Waals surface area contributed by atoms with Crippen LogP contribution in [0.5, 0.6) is 5.75 Å². The van der Waals surface area contributed by atoms with Crippen LogP contribution in [0, 0.1) is 5.92 Å². The average molecular weight is 437 g/mol. The average Bonchev–Trinajstić information content (AvgIpc) is 3.48. The van der Waals surface area contributed by atoms with Gasteiger partial charge in [-0.3, -0.25) is 9.79 Å². The van der Waals surface area contributed by atoms with Crippen molar-refractivity contribution in [2.24, 2.45) is 10.9 Å². The highest BCUT2D eigenvalue weighted by atomic mass is 16.5. The minimum Gasteiger partial charge on any atom is -0.493 e. The van der Waals surface area contributed by atoms with E-state index in [0.717, 1.165) is 47.9 Å². The number of ether oxygens (including phenoxy) is 2. The summed E-state index contributed by atoms with van der Waals surface area (Å²) in [5.74, 6) is 2.28. The lowest BCUT2D eigenvalue weighted by molar-refractivity contribution is -0.124. The molecule has 0 spiro atoms. The largest absolute Gasteiger partial charge is 0.493 e. The first-order valence-corrected chi connectivity index (χ1v) is 11.4. The number of carbonyl (C=O) groups excluding carboxylic acids is 1. The minimum absolute atomic E-state index is 0.0762. The number of hydrogen-bond acceptors (Lipinski definition) is 4. The second-order valence-electron chi connectivity index (χ2n) is 8.33. The number of nitrogens with one attached hydrogen (secondary N) is 3. The predicted octanol–water partition coefficient (Wildman–Crippen LogP) is 3.46. The van der Waals surface area contributed by atoms with Gasteiger partial charge in [-0.25, -0.2) is 0 Å². The van der Waals surface area contributed by atoms with Gasteiger partial charge in [0, 0.05) is 38.0 Å². The van der Waals surface area contributed by atoms with E-state index < -0.39 is 0 Å². The normalized spacial score (nSPS) is 18.3. The van der Waals surface area contributed by atoms with Gasteiger partial charge >= 0.3 is 0 Å². The number of benzene rings is 2. The van der Waals surface area contributed by atoms with Crippen molar-refractivity contribution in [3.05, 3.63) is 59.7 Å². The molecule has 1 aliphatic carbocycles. The number of rotatable bonds is 9. The molecule has 2 aliphatic rings. The number of anilines is 1. The van der Waals surface area contributed by atoms with Crippen LogP contribution in [-0.2, 0) is 22.6 Å². The summed E-state index contributed by atoms with van der Waals surface area (Å²) in [6, 6.07) is 15.9. The molecule has 32 heavy (non-hydrogen) atoms. The van der Waals surface area contributed by atoms with Crippen molar-refractivity contribution in [3.63, 3.8) is 0 Å². The maximum atomic E-state index is 12.3. The van der Waals surface area contributed by atoms with E-state index in [0.29, 0.717) is 25.7 Å². The van der Waals surface area contributed by atoms with E-state index in [4.69, 9.17) is 9.47 Å². The monoisotopic (exact) mass is 436 g/mol. The first-order valence-electron chi connectivity index (χ1n) is 11.4. The molecule has 0 radical (unpaired) electrons. The molecule has 1 saturated carbocycles. The van der Waals surface area contributed by atoms with Crippen LogP contribution in [0.25, 0.3) is 0 Å². The van der Waals surface area contributed by atoms with Gasteiger partial charge in [0.2, 0.25) is 0 Å². The molecule has 0 aromatic heterocycles. The lowest BCUT2D eigenvalue weighted by Gasteiger charge is -2.15. The van der Waals surface area contributed by atoms with Gasteiger partial charge in [-0.1, -0.05) is 30.3 Å². The topological polar surface area (TPSA) is 84.0 Å². The molecule has 2 fully saturated rings. The van der Waals surface area contributed by atoms with E-state index in [1.165, 1.54) is 12.8 Å². The van der Waals surface area contributed by atoms with Gasteiger partial charge in [-0.05, 0) is 55.4 Å². The van der Waals surface area contributed by atoms with Gasteiger partial charge in [-0.2, -0.15) is 0 Å². The SMILES string of the molecule is CN=C(NCc1cccc(NC(=O)C2CCCO2)c1)NCc1ccccc1OCC1CC1. The van der Waals surface area contributed by atoms with Gasteiger partial charge in [0.05, 0.1) is 6.61 Å². The standard InChI is InChI=1S/C25H32N4O3/c1-26-25(28-16-20-7-2-3-9-22(20)32-17-18-11-12-18)27-15-19-6-4-8-21(14-19)29-24(30)23-10-5-13-31-23/h2-4,6-9,14,18,23H,5,10-13,15-17H2,1H3,(H,29,30)(H2,26,27,28). The molecule has 1 aliphatic heterocycles. The third kappa shape index (κ3) is 6.47. The number of para-hydroxylation sites is 1. The molecule has 1 unspecified atom stereocenters. The zero-order chi connectivity index (χ0) is 22.2. The maximum absolute atomic E-state index is 12.3. The highest BCUT2D eigenvalue weighted by molar-refractivity contribution is 5.94. The Morgan fingerprint density at radius 2 is 1.94 bits per heavy atom. The van der Waals surface area contributed by atoms with Crippen molar-refractivity contribution in [3.8, 4) is 5.75 Å². The van der Waals surface area contributed by atoms with Gasteiger partial charge in [0.1, 0.15) is 11.9 Å². The van der Waals surface area contributed by atoms with Crippen molar-refractivity contribution in [2.45, 2.75) is 44.9 Å². The summed E-state index contributed by atoms with van der Waals surface area (Å²) in [6.45, 7) is 2.66. The lowest BCUT2D eigenvalue weighted by atomic mass is 10.2. The number of amides is 1. The molecule has 170 valence electrons. The molecule has 4 rings (SSSR count). The number of aliphatic imine (C=N–C) groups is 1. The van der Waals surface area contributed by atoms with Crippen molar-refractivity contribution < 1.29 is 14.3 Å². The van der Waals surface area contributed by atoms with E-state index in [9.17, 15) is 4.79 Å². The summed E-state index contributed by atoms with van der Waals surface area (Å²) in [5, 5.41) is 9.64. The number of nitrogens with zero attached hydrogens (tertiary/aromatic N) is 1. The van der Waals surface area contributed by atoms with E-state index in [1.54, 1.807) is 7.05 Å². The van der Waals surface area contributed by atoms with E-state index in [-0.39, 0.29) is 12.0 Å². The zero-order valence-corrected chi connectivity index (χ0v) is 18.6. The van der Waals surface area contributed by atoms with Crippen LogP contribution in [0.4, 0.5) is 5.69 Å². The summed E-state index contributed by atoms with van der Waals surface area (Å²) in [4.78, 5) is 16.6.